The Hall–Kier alpha value is -3.30. The number of carbonyl (C=O) groups excluding carboxylic acids is 3. The molecule has 0 aromatic carbocycles. The van der Waals surface area contributed by atoms with E-state index in [1.165, 1.54) is 6.42 Å². The number of ketones is 1. The van der Waals surface area contributed by atoms with Gasteiger partial charge in [-0.2, -0.15) is 0 Å². The summed E-state index contributed by atoms with van der Waals surface area (Å²) in [7, 11) is 0. The molecule has 10 nitrogen and oxygen atoms in total. The third-order valence-electron chi connectivity index (χ3n) is 6.14. The minimum absolute atomic E-state index is 0.0985. The maximum absolute atomic E-state index is 12.9. The molecule has 0 bridgehead atoms. The maximum Gasteiger partial charge on any atom is 0.225 e. The first-order valence-electron chi connectivity index (χ1n) is 12.0. The van der Waals surface area contributed by atoms with Crippen LogP contribution in [0.3, 0.4) is 0 Å². The Balaban J connectivity index is 1.62. The van der Waals surface area contributed by atoms with Gasteiger partial charge in [-0.1, -0.05) is 27.7 Å². The number of hydrogen-bond acceptors (Lipinski definition) is 8. The van der Waals surface area contributed by atoms with Crippen molar-refractivity contribution in [2.24, 2.45) is 17.1 Å². The number of aromatic nitrogens is 3. The Morgan fingerprint density at radius 3 is 2.49 bits per heavy atom. The number of carbonyl (C=O) groups is 3. The standard InChI is InChI=1S/C25H35N6O4/c1-16(2)14-18-21(19(32)15-29-20(33)6-9-25(3,4)23(26)34)35-22(30-18)17-7-12-31(13-8-17)24-27-10-5-11-28-24/h5-6,10-11,16-17H,7-9,12-15H2,1-4H3,(H2,26,34)(H,29,33). The highest BCUT2D eigenvalue weighted by Gasteiger charge is 2.30. The first-order valence-corrected chi connectivity index (χ1v) is 12.0. The molecule has 0 unspecified atom stereocenters. The van der Waals surface area contributed by atoms with Crippen molar-refractivity contribution in [2.75, 3.05) is 24.5 Å². The van der Waals surface area contributed by atoms with Crippen molar-refractivity contribution >= 4 is 23.5 Å². The molecule has 0 spiro atoms. The van der Waals surface area contributed by atoms with Crippen LogP contribution in [0.4, 0.5) is 5.95 Å². The van der Waals surface area contributed by atoms with Gasteiger partial charge in [-0.3, -0.25) is 14.4 Å². The number of nitrogens with two attached hydrogens (primary N) is 1. The Morgan fingerprint density at radius 2 is 1.89 bits per heavy atom. The Labute approximate surface area is 206 Å². The van der Waals surface area contributed by atoms with Crippen LogP contribution >= 0.6 is 0 Å². The third kappa shape index (κ3) is 7.10. The van der Waals surface area contributed by atoms with Crippen molar-refractivity contribution in [1.82, 2.24) is 20.3 Å². The van der Waals surface area contributed by atoms with E-state index in [0.717, 1.165) is 25.9 Å². The molecule has 10 heteroatoms. The van der Waals surface area contributed by atoms with Crippen LogP contribution in [0.15, 0.2) is 22.9 Å². The lowest BCUT2D eigenvalue weighted by molar-refractivity contribution is -0.126. The molecule has 0 atom stereocenters. The van der Waals surface area contributed by atoms with E-state index >= 15 is 0 Å². The van der Waals surface area contributed by atoms with Crippen LogP contribution in [0.5, 0.6) is 0 Å². The van der Waals surface area contributed by atoms with E-state index in [4.69, 9.17) is 15.1 Å². The Bertz CT molecular complexity index is 1030. The summed E-state index contributed by atoms with van der Waals surface area (Å²) in [4.78, 5) is 52.0. The molecule has 3 N–H and O–H groups in total. The molecule has 2 aromatic rings. The van der Waals surface area contributed by atoms with Crippen molar-refractivity contribution in [1.29, 1.82) is 0 Å². The molecule has 1 aliphatic rings. The molecule has 0 aliphatic carbocycles. The number of amides is 2. The predicted molar refractivity (Wildman–Crippen MR) is 130 cm³/mol. The molecule has 189 valence electrons. The highest BCUT2D eigenvalue weighted by atomic mass is 16.4. The second kappa shape index (κ2) is 11.4. The third-order valence-corrected chi connectivity index (χ3v) is 6.14. The minimum atomic E-state index is -0.839. The van der Waals surface area contributed by atoms with Crippen LogP contribution in [-0.2, 0) is 16.0 Å². The monoisotopic (exact) mass is 483 g/mol. The lowest BCUT2D eigenvalue weighted by atomic mass is 9.87. The number of Topliss-reactive ketones (excluding diaryl/α,β-unsaturated/α-hetero) is 1. The lowest BCUT2D eigenvalue weighted by Gasteiger charge is -2.30. The number of oxazole rings is 1. The number of anilines is 1. The number of rotatable bonds is 11. The van der Waals surface area contributed by atoms with Gasteiger partial charge in [0.25, 0.3) is 0 Å². The largest absolute Gasteiger partial charge is 0.437 e. The summed E-state index contributed by atoms with van der Waals surface area (Å²) >= 11 is 0. The van der Waals surface area contributed by atoms with E-state index in [9.17, 15) is 14.4 Å². The zero-order valence-electron chi connectivity index (χ0n) is 20.9. The molecule has 35 heavy (non-hydrogen) atoms. The van der Waals surface area contributed by atoms with Gasteiger partial charge in [0, 0.05) is 36.8 Å². The summed E-state index contributed by atoms with van der Waals surface area (Å²) in [6.45, 7) is 8.76. The highest BCUT2D eigenvalue weighted by Crippen LogP contribution is 2.31. The topological polar surface area (TPSA) is 144 Å². The predicted octanol–water partition coefficient (Wildman–Crippen LogP) is 2.45. The first kappa shape index (κ1) is 26.3. The number of hydrogen-bond donors (Lipinski definition) is 2. The molecule has 3 rings (SSSR count). The van der Waals surface area contributed by atoms with Gasteiger partial charge in [-0.05, 0) is 37.7 Å². The van der Waals surface area contributed by atoms with Crippen molar-refractivity contribution in [3.8, 4) is 0 Å². The smallest absolute Gasteiger partial charge is 0.225 e. The SMILES string of the molecule is CC(C)Cc1nc(C2CCN(c3ncccn3)CC2)oc1C(=O)CNC(=O)[CH]CC(C)(C)C(N)=O. The Kier molecular flexibility index (Phi) is 8.58. The molecule has 2 amide bonds. The van der Waals surface area contributed by atoms with Gasteiger partial charge in [0.05, 0.1) is 18.7 Å². The van der Waals surface area contributed by atoms with Crippen molar-refractivity contribution < 1.29 is 18.8 Å². The fourth-order valence-corrected chi connectivity index (χ4v) is 3.84. The molecule has 0 saturated carbocycles. The van der Waals surface area contributed by atoms with Crippen LogP contribution in [0.2, 0.25) is 0 Å². The van der Waals surface area contributed by atoms with E-state index in [1.807, 2.05) is 0 Å². The number of nitrogens with one attached hydrogen (secondary N) is 1. The molecule has 1 fully saturated rings. The van der Waals surface area contributed by atoms with Gasteiger partial charge in [0.2, 0.25) is 23.5 Å². The normalized spacial score (nSPS) is 14.8. The summed E-state index contributed by atoms with van der Waals surface area (Å²) in [5.41, 5.74) is 5.13. The van der Waals surface area contributed by atoms with E-state index in [0.29, 0.717) is 24.0 Å². The summed E-state index contributed by atoms with van der Waals surface area (Å²) in [5.74, 6) is 0.614. The van der Waals surface area contributed by atoms with Gasteiger partial charge in [0.1, 0.15) is 0 Å². The van der Waals surface area contributed by atoms with Gasteiger partial charge in [-0.15, -0.1) is 0 Å². The van der Waals surface area contributed by atoms with Crippen LogP contribution in [0, 0.1) is 17.8 Å². The maximum atomic E-state index is 12.9. The van der Waals surface area contributed by atoms with Crippen molar-refractivity contribution in [3.05, 3.63) is 42.2 Å². The second-order valence-electron chi connectivity index (χ2n) is 10.0. The number of primary amides is 1. The first-order chi connectivity index (χ1) is 16.6. The Morgan fingerprint density at radius 1 is 1.23 bits per heavy atom. The zero-order valence-corrected chi connectivity index (χ0v) is 20.9. The van der Waals surface area contributed by atoms with Crippen LogP contribution in [0.25, 0.3) is 0 Å². The number of nitrogens with zero attached hydrogens (tertiary/aromatic N) is 4. The highest BCUT2D eigenvalue weighted by molar-refractivity contribution is 5.99. The van der Waals surface area contributed by atoms with Gasteiger partial charge in [0.15, 0.2) is 11.7 Å². The molecule has 1 radical (unpaired) electrons. The van der Waals surface area contributed by atoms with E-state index in [2.05, 4.69) is 34.0 Å². The van der Waals surface area contributed by atoms with Crippen LogP contribution in [-0.4, -0.2) is 52.2 Å². The van der Waals surface area contributed by atoms with Crippen molar-refractivity contribution in [3.63, 3.8) is 0 Å². The fraction of sp³-hybridized carbons (Fsp3) is 0.560. The van der Waals surface area contributed by atoms with Crippen LogP contribution in [0.1, 0.15) is 75.0 Å². The molecule has 3 heterocycles. The molecule has 1 saturated heterocycles. The molecule has 1 aliphatic heterocycles. The summed E-state index contributed by atoms with van der Waals surface area (Å²) < 4.78 is 6.00. The summed E-state index contributed by atoms with van der Waals surface area (Å²) in [6, 6.07) is 1.79. The fourth-order valence-electron chi connectivity index (χ4n) is 3.84. The average Bonchev–Trinajstić information content (AvgIpc) is 3.25. The second-order valence-corrected chi connectivity index (χ2v) is 10.0. The average molecular weight is 484 g/mol. The molecular weight excluding hydrogens is 448 g/mol. The van der Waals surface area contributed by atoms with Gasteiger partial charge < -0.3 is 20.4 Å². The minimum Gasteiger partial charge on any atom is -0.437 e. The zero-order chi connectivity index (χ0) is 25.6. The van der Waals surface area contributed by atoms with Gasteiger partial charge in [-0.25, -0.2) is 15.0 Å². The summed E-state index contributed by atoms with van der Waals surface area (Å²) in [6.07, 6.45) is 7.21. The van der Waals surface area contributed by atoms with E-state index < -0.39 is 17.2 Å². The van der Waals surface area contributed by atoms with Gasteiger partial charge >= 0.3 is 0 Å². The van der Waals surface area contributed by atoms with E-state index in [1.54, 1.807) is 32.3 Å². The number of piperidine rings is 1. The molecule has 2 aromatic heterocycles. The summed E-state index contributed by atoms with van der Waals surface area (Å²) in [5, 5.41) is 2.58. The molecular formula is C25H35N6O4. The van der Waals surface area contributed by atoms with Crippen molar-refractivity contribution in [2.45, 2.75) is 59.3 Å². The van der Waals surface area contributed by atoms with E-state index in [-0.39, 0.29) is 36.3 Å². The van der Waals surface area contributed by atoms with Crippen LogP contribution < -0.4 is 16.0 Å². The lowest BCUT2D eigenvalue weighted by Crippen LogP contribution is -2.35. The quantitative estimate of drug-likeness (QED) is 0.464.